The molecule has 12 heteroatoms. The number of aryl methyl sites for hydroxylation is 1. The minimum Gasteiger partial charge on any atom is -0.468 e. The summed E-state index contributed by atoms with van der Waals surface area (Å²) in [6, 6.07) is 3.42. The van der Waals surface area contributed by atoms with Gasteiger partial charge in [-0.15, -0.1) is 0 Å². The number of carbonyl (C=O) groups is 2. The second kappa shape index (κ2) is 10.9. The molecule has 0 atom stereocenters. The summed E-state index contributed by atoms with van der Waals surface area (Å²) in [6.45, 7) is 2.96. The van der Waals surface area contributed by atoms with E-state index < -0.39 is 12.8 Å². The Morgan fingerprint density at radius 2 is 1.88 bits per heavy atom. The Labute approximate surface area is 193 Å². The Morgan fingerprint density at radius 3 is 2.56 bits per heavy atom. The second-order valence-electron chi connectivity index (χ2n) is 7.62. The van der Waals surface area contributed by atoms with E-state index in [9.17, 15) is 22.8 Å². The molecular formula is C22H25F3N6O3. The van der Waals surface area contributed by atoms with Crippen molar-refractivity contribution in [2.75, 3.05) is 19.7 Å². The molecule has 0 aromatic carbocycles. The van der Waals surface area contributed by atoms with E-state index in [0.29, 0.717) is 48.2 Å². The smallest absolute Gasteiger partial charge is 0.422 e. The summed E-state index contributed by atoms with van der Waals surface area (Å²) in [5.74, 6) is -0.381. The minimum absolute atomic E-state index is 0.0522. The highest BCUT2D eigenvalue weighted by Crippen LogP contribution is 2.21. The van der Waals surface area contributed by atoms with E-state index in [0.717, 1.165) is 5.56 Å². The number of carbonyl (C=O) groups excluding carboxylic acids is 2. The molecule has 0 bridgehead atoms. The number of alkyl halides is 3. The van der Waals surface area contributed by atoms with E-state index in [1.807, 2.05) is 0 Å². The van der Waals surface area contributed by atoms with Crippen LogP contribution in [0.1, 0.15) is 30.2 Å². The van der Waals surface area contributed by atoms with Crippen molar-refractivity contribution in [3.05, 3.63) is 47.5 Å². The standard InChI is InChI=1S/C22H25F3N6O3/c1-3-19(32)27-6-7-28-20(33)9-18-16-12-31(30-17(16)4-5-26-18)11-15-8-14(2)21(29-10-15)34-13-22(23,24)25/h4-5,8,10,12H,3,6-7,9,11,13H2,1-2H3,(H,27,32)(H,28,33). The molecule has 3 aromatic heterocycles. The zero-order valence-electron chi connectivity index (χ0n) is 18.8. The fourth-order valence-corrected chi connectivity index (χ4v) is 3.21. The Bertz CT molecular complexity index is 1160. The second-order valence-corrected chi connectivity index (χ2v) is 7.62. The van der Waals surface area contributed by atoms with Crippen LogP contribution in [-0.4, -0.2) is 57.4 Å². The molecule has 0 aliphatic carbocycles. The maximum atomic E-state index is 12.4. The van der Waals surface area contributed by atoms with Crippen molar-refractivity contribution in [3.8, 4) is 5.88 Å². The van der Waals surface area contributed by atoms with Crippen LogP contribution in [-0.2, 0) is 22.6 Å². The quantitative estimate of drug-likeness (QED) is 0.433. The lowest BCUT2D eigenvalue weighted by Gasteiger charge is -2.11. The van der Waals surface area contributed by atoms with Crippen LogP contribution >= 0.6 is 0 Å². The number of aromatic nitrogens is 4. The lowest BCUT2D eigenvalue weighted by atomic mass is 10.2. The molecule has 34 heavy (non-hydrogen) atoms. The van der Waals surface area contributed by atoms with E-state index in [1.165, 1.54) is 6.20 Å². The van der Waals surface area contributed by atoms with Crippen LogP contribution < -0.4 is 15.4 Å². The SMILES string of the molecule is CCC(=O)NCCNC(=O)Cc1nccc2nn(Cc3cnc(OCC(F)(F)F)c(C)c3)cc12. The third kappa shape index (κ3) is 7.15. The fraction of sp³-hybridized carbons (Fsp3) is 0.409. The summed E-state index contributed by atoms with van der Waals surface area (Å²) >= 11 is 0. The van der Waals surface area contributed by atoms with Crippen molar-refractivity contribution in [3.63, 3.8) is 0 Å². The van der Waals surface area contributed by atoms with Gasteiger partial charge in [0, 0.05) is 49.1 Å². The Kier molecular flexibility index (Phi) is 8.03. The normalized spacial score (nSPS) is 11.4. The lowest BCUT2D eigenvalue weighted by molar-refractivity contribution is -0.154. The van der Waals surface area contributed by atoms with Gasteiger partial charge in [0.15, 0.2) is 6.61 Å². The zero-order valence-corrected chi connectivity index (χ0v) is 18.8. The van der Waals surface area contributed by atoms with E-state index in [1.54, 1.807) is 43.1 Å². The summed E-state index contributed by atoms with van der Waals surface area (Å²) in [7, 11) is 0. The van der Waals surface area contributed by atoms with Crippen molar-refractivity contribution >= 4 is 22.7 Å². The lowest BCUT2D eigenvalue weighted by Crippen LogP contribution is -2.35. The summed E-state index contributed by atoms with van der Waals surface area (Å²) < 4.78 is 43.5. The van der Waals surface area contributed by atoms with Gasteiger partial charge in [0.2, 0.25) is 17.7 Å². The van der Waals surface area contributed by atoms with Gasteiger partial charge in [-0.1, -0.05) is 6.92 Å². The molecule has 0 spiro atoms. The number of ether oxygens (including phenoxy) is 1. The molecule has 2 N–H and O–H groups in total. The molecule has 0 fully saturated rings. The van der Waals surface area contributed by atoms with Crippen molar-refractivity contribution < 1.29 is 27.5 Å². The zero-order chi connectivity index (χ0) is 24.7. The molecule has 9 nitrogen and oxygen atoms in total. The van der Waals surface area contributed by atoms with Gasteiger partial charge in [-0.25, -0.2) is 4.98 Å². The number of amides is 2. The predicted molar refractivity (Wildman–Crippen MR) is 117 cm³/mol. The first-order chi connectivity index (χ1) is 16.1. The first kappa shape index (κ1) is 24.9. The average Bonchev–Trinajstić information content (AvgIpc) is 3.19. The highest BCUT2D eigenvalue weighted by molar-refractivity contribution is 5.86. The molecule has 182 valence electrons. The first-order valence-electron chi connectivity index (χ1n) is 10.6. The first-order valence-corrected chi connectivity index (χ1v) is 10.6. The monoisotopic (exact) mass is 478 g/mol. The third-order valence-electron chi connectivity index (χ3n) is 4.79. The fourth-order valence-electron chi connectivity index (χ4n) is 3.21. The maximum Gasteiger partial charge on any atom is 0.422 e. The number of hydrogen-bond donors (Lipinski definition) is 2. The van der Waals surface area contributed by atoms with Crippen LogP contribution in [0.2, 0.25) is 0 Å². The number of hydrogen-bond acceptors (Lipinski definition) is 6. The van der Waals surface area contributed by atoms with Gasteiger partial charge in [-0.3, -0.25) is 19.3 Å². The third-order valence-corrected chi connectivity index (χ3v) is 4.79. The van der Waals surface area contributed by atoms with Gasteiger partial charge >= 0.3 is 6.18 Å². The Balaban J connectivity index is 1.63. The number of fused-ring (bicyclic) bond motifs is 1. The number of nitrogens with zero attached hydrogens (tertiary/aromatic N) is 4. The Hall–Kier alpha value is -3.70. The van der Waals surface area contributed by atoms with Gasteiger partial charge in [0.1, 0.15) is 0 Å². The van der Waals surface area contributed by atoms with Crippen molar-refractivity contribution in [1.82, 2.24) is 30.4 Å². The van der Waals surface area contributed by atoms with Crippen LogP contribution in [0, 0.1) is 6.92 Å². The van der Waals surface area contributed by atoms with E-state index in [-0.39, 0.29) is 24.1 Å². The topological polar surface area (TPSA) is 111 Å². The molecule has 0 saturated carbocycles. The van der Waals surface area contributed by atoms with Gasteiger partial charge in [0.05, 0.1) is 24.2 Å². The number of nitrogens with one attached hydrogen (secondary N) is 2. The van der Waals surface area contributed by atoms with Gasteiger partial charge in [0.25, 0.3) is 0 Å². The van der Waals surface area contributed by atoms with Crippen LogP contribution in [0.15, 0.2) is 30.7 Å². The summed E-state index contributed by atoms with van der Waals surface area (Å²) in [5.41, 5.74) is 2.42. The van der Waals surface area contributed by atoms with Crippen LogP contribution in [0.4, 0.5) is 13.2 Å². The summed E-state index contributed by atoms with van der Waals surface area (Å²) in [5, 5.41) is 10.6. The van der Waals surface area contributed by atoms with Gasteiger partial charge in [-0.2, -0.15) is 18.3 Å². The molecule has 0 radical (unpaired) electrons. The number of halogens is 3. The molecule has 0 aliphatic rings. The molecule has 3 aromatic rings. The van der Waals surface area contributed by atoms with Crippen molar-refractivity contribution in [2.45, 2.75) is 39.4 Å². The summed E-state index contributed by atoms with van der Waals surface area (Å²) in [6.07, 6.45) is 0.773. The number of pyridine rings is 2. The van der Waals surface area contributed by atoms with E-state index >= 15 is 0 Å². The summed E-state index contributed by atoms with van der Waals surface area (Å²) in [4.78, 5) is 31.8. The minimum atomic E-state index is -4.43. The average molecular weight is 478 g/mol. The molecule has 3 heterocycles. The highest BCUT2D eigenvalue weighted by atomic mass is 19.4. The van der Waals surface area contributed by atoms with Gasteiger partial charge < -0.3 is 15.4 Å². The molecule has 0 unspecified atom stereocenters. The predicted octanol–water partition coefficient (Wildman–Crippen LogP) is 2.31. The van der Waals surface area contributed by atoms with E-state index in [2.05, 4.69) is 25.7 Å². The van der Waals surface area contributed by atoms with Crippen LogP contribution in [0.3, 0.4) is 0 Å². The molecular weight excluding hydrogens is 453 g/mol. The molecule has 3 rings (SSSR count). The van der Waals surface area contributed by atoms with Gasteiger partial charge in [-0.05, 0) is 24.6 Å². The molecule has 0 saturated heterocycles. The largest absolute Gasteiger partial charge is 0.468 e. The van der Waals surface area contributed by atoms with Crippen LogP contribution in [0.25, 0.3) is 10.9 Å². The van der Waals surface area contributed by atoms with Crippen molar-refractivity contribution in [1.29, 1.82) is 0 Å². The number of rotatable bonds is 10. The van der Waals surface area contributed by atoms with Crippen molar-refractivity contribution in [2.24, 2.45) is 0 Å². The molecule has 0 aliphatic heterocycles. The molecule has 2 amide bonds. The van der Waals surface area contributed by atoms with E-state index in [4.69, 9.17) is 4.74 Å². The maximum absolute atomic E-state index is 12.4. The highest BCUT2D eigenvalue weighted by Gasteiger charge is 2.29. The van der Waals surface area contributed by atoms with Crippen LogP contribution in [0.5, 0.6) is 5.88 Å². The Morgan fingerprint density at radius 1 is 1.15 bits per heavy atom.